The summed E-state index contributed by atoms with van der Waals surface area (Å²) < 4.78 is 0. The number of likely N-dealkylation sites (tertiary alicyclic amines) is 1. The predicted octanol–water partition coefficient (Wildman–Crippen LogP) is 2.13. The molecule has 1 atom stereocenters. The highest BCUT2D eigenvalue weighted by Gasteiger charge is 2.19. The number of nitrogens with one attached hydrogen (secondary N) is 1. The van der Waals surface area contributed by atoms with E-state index in [0.29, 0.717) is 18.7 Å². The van der Waals surface area contributed by atoms with Gasteiger partial charge in [-0.15, -0.1) is 0 Å². The Balaban J connectivity index is 1.79. The lowest BCUT2D eigenvalue weighted by Gasteiger charge is -2.31. The van der Waals surface area contributed by atoms with Crippen LogP contribution in [0.2, 0.25) is 0 Å². The zero-order valence-corrected chi connectivity index (χ0v) is 13.9. The van der Waals surface area contributed by atoms with Gasteiger partial charge in [0.25, 0.3) is 5.91 Å². The van der Waals surface area contributed by atoms with Gasteiger partial charge in [0.2, 0.25) is 0 Å². The standard InChI is InChI=1S/C18H28N2O2/c1-13-6-8-20(9-7-13)12-16(21)11-19-18(22)17-10-14(2)4-5-15(17)3/h4-5,10,13,16,21H,6-9,11-12H2,1-3H3,(H,19,22). The first-order chi connectivity index (χ1) is 10.5. The minimum Gasteiger partial charge on any atom is -0.390 e. The van der Waals surface area contributed by atoms with Crippen LogP contribution in [0.15, 0.2) is 18.2 Å². The Labute approximate surface area is 133 Å². The molecule has 1 saturated heterocycles. The lowest BCUT2D eigenvalue weighted by Crippen LogP contribution is -2.43. The van der Waals surface area contributed by atoms with E-state index in [9.17, 15) is 9.90 Å². The average Bonchev–Trinajstić information content (AvgIpc) is 2.49. The fourth-order valence-electron chi connectivity index (χ4n) is 2.89. The number of aryl methyl sites for hydroxylation is 2. The molecule has 2 N–H and O–H groups in total. The molecule has 2 rings (SSSR count). The van der Waals surface area contributed by atoms with E-state index in [1.165, 1.54) is 12.8 Å². The molecule has 22 heavy (non-hydrogen) atoms. The van der Waals surface area contributed by atoms with Crippen molar-refractivity contribution in [3.05, 3.63) is 34.9 Å². The van der Waals surface area contributed by atoms with E-state index >= 15 is 0 Å². The van der Waals surface area contributed by atoms with E-state index < -0.39 is 6.10 Å². The van der Waals surface area contributed by atoms with E-state index in [1.807, 2.05) is 32.0 Å². The number of benzene rings is 1. The molecule has 0 bridgehead atoms. The predicted molar refractivity (Wildman–Crippen MR) is 89.1 cm³/mol. The SMILES string of the molecule is Cc1ccc(C)c(C(=O)NCC(O)CN2CCC(C)CC2)c1. The molecule has 1 aromatic carbocycles. The molecular formula is C18H28N2O2. The quantitative estimate of drug-likeness (QED) is 0.876. The minimum absolute atomic E-state index is 0.104. The van der Waals surface area contributed by atoms with Gasteiger partial charge in [-0.1, -0.05) is 24.6 Å². The maximum absolute atomic E-state index is 12.2. The van der Waals surface area contributed by atoms with Gasteiger partial charge in [0.05, 0.1) is 6.10 Å². The molecule has 1 amide bonds. The summed E-state index contributed by atoms with van der Waals surface area (Å²) in [6.45, 7) is 9.21. The third kappa shape index (κ3) is 4.82. The molecule has 0 aliphatic carbocycles. The Morgan fingerprint density at radius 1 is 1.36 bits per heavy atom. The molecule has 0 spiro atoms. The van der Waals surface area contributed by atoms with Crippen LogP contribution in [0, 0.1) is 19.8 Å². The Morgan fingerprint density at radius 2 is 2.05 bits per heavy atom. The number of hydrogen-bond donors (Lipinski definition) is 2. The van der Waals surface area contributed by atoms with Crippen molar-refractivity contribution in [1.82, 2.24) is 10.2 Å². The Hall–Kier alpha value is -1.39. The van der Waals surface area contributed by atoms with Gasteiger partial charge in [-0.2, -0.15) is 0 Å². The topological polar surface area (TPSA) is 52.6 Å². The van der Waals surface area contributed by atoms with Gasteiger partial charge in [-0.05, 0) is 57.3 Å². The van der Waals surface area contributed by atoms with Crippen LogP contribution in [0.4, 0.5) is 0 Å². The molecule has 1 aliphatic rings. The monoisotopic (exact) mass is 304 g/mol. The zero-order chi connectivity index (χ0) is 16.1. The largest absolute Gasteiger partial charge is 0.390 e. The Kier molecular flexibility index (Phi) is 5.98. The minimum atomic E-state index is -0.512. The Bertz CT molecular complexity index is 508. The van der Waals surface area contributed by atoms with Crippen LogP contribution in [-0.2, 0) is 0 Å². The van der Waals surface area contributed by atoms with E-state index in [4.69, 9.17) is 0 Å². The molecule has 122 valence electrons. The molecule has 4 heteroatoms. The van der Waals surface area contributed by atoms with E-state index in [2.05, 4.69) is 17.1 Å². The lowest BCUT2D eigenvalue weighted by molar-refractivity contribution is 0.0795. The van der Waals surface area contributed by atoms with E-state index in [-0.39, 0.29) is 5.91 Å². The number of aliphatic hydroxyl groups is 1. The molecule has 0 radical (unpaired) electrons. The van der Waals surface area contributed by atoms with Crippen molar-refractivity contribution in [2.75, 3.05) is 26.2 Å². The van der Waals surface area contributed by atoms with Crippen molar-refractivity contribution >= 4 is 5.91 Å². The molecule has 4 nitrogen and oxygen atoms in total. The smallest absolute Gasteiger partial charge is 0.251 e. The summed E-state index contributed by atoms with van der Waals surface area (Å²) in [5, 5.41) is 13.0. The number of aliphatic hydroxyl groups excluding tert-OH is 1. The Morgan fingerprint density at radius 3 is 2.73 bits per heavy atom. The number of carbonyl (C=O) groups is 1. The second-order valence-corrected chi connectivity index (χ2v) is 6.67. The van der Waals surface area contributed by atoms with Crippen molar-refractivity contribution in [2.45, 2.75) is 39.7 Å². The van der Waals surface area contributed by atoms with Gasteiger partial charge in [0, 0.05) is 18.7 Å². The molecule has 1 aromatic rings. The number of hydrogen-bond acceptors (Lipinski definition) is 3. The van der Waals surface area contributed by atoms with Crippen molar-refractivity contribution in [1.29, 1.82) is 0 Å². The molecule has 1 unspecified atom stereocenters. The summed E-state index contributed by atoms with van der Waals surface area (Å²) in [5.74, 6) is 0.685. The summed E-state index contributed by atoms with van der Waals surface area (Å²) in [4.78, 5) is 14.5. The number of rotatable bonds is 5. The summed E-state index contributed by atoms with van der Waals surface area (Å²) in [5.41, 5.74) is 2.72. The molecular weight excluding hydrogens is 276 g/mol. The van der Waals surface area contributed by atoms with Crippen LogP contribution >= 0.6 is 0 Å². The number of β-amino-alcohol motifs (C(OH)–C–C–N with tert-alkyl or cyclic N) is 1. The number of amides is 1. The number of nitrogens with zero attached hydrogens (tertiary/aromatic N) is 1. The normalized spacial score (nSPS) is 18.2. The fourth-order valence-corrected chi connectivity index (χ4v) is 2.89. The second-order valence-electron chi connectivity index (χ2n) is 6.67. The van der Waals surface area contributed by atoms with Crippen molar-refractivity contribution in [3.8, 4) is 0 Å². The van der Waals surface area contributed by atoms with Gasteiger partial charge in [-0.3, -0.25) is 4.79 Å². The van der Waals surface area contributed by atoms with Crippen molar-refractivity contribution in [3.63, 3.8) is 0 Å². The zero-order valence-electron chi connectivity index (χ0n) is 13.9. The number of carbonyl (C=O) groups excluding carboxylic acids is 1. The maximum atomic E-state index is 12.2. The van der Waals surface area contributed by atoms with Gasteiger partial charge >= 0.3 is 0 Å². The van der Waals surface area contributed by atoms with Gasteiger partial charge in [0.1, 0.15) is 0 Å². The summed E-state index contributed by atoms with van der Waals surface area (Å²) in [6.07, 6.45) is 1.88. The van der Waals surface area contributed by atoms with Gasteiger partial charge in [-0.25, -0.2) is 0 Å². The summed E-state index contributed by atoms with van der Waals surface area (Å²) in [7, 11) is 0. The van der Waals surface area contributed by atoms with Crippen LogP contribution in [-0.4, -0.2) is 48.2 Å². The third-order valence-electron chi connectivity index (χ3n) is 4.48. The molecule has 0 aromatic heterocycles. The van der Waals surface area contributed by atoms with Crippen LogP contribution in [0.3, 0.4) is 0 Å². The number of piperidine rings is 1. The van der Waals surface area contributed by atoms with Crippen LogP contribution < -0.4 is 5.32 Å². The lowest BCUT2D eigenvalue weighted by atomic mass is 9.99. The highest BCUT2D eigenvalue weighted by Crippen LogP contribution is 2.16. The second kappa shape index (κ2) is 7.75. The maximum Gasteiger partial charge on any atom is 0.251 e. The fraction of sp³-hybridized carbons (Fsp3) is 0.611. The molecule has 1 heterocycles. The molecule has 1 aliphatic heterocycles. The van der Waals surface area contributed by atoms with Gasteiger partial charge < -0.3 is 15.3 Å². The molecule has 1 fully saturated rings. The summed E-state index contributed by atoms with van der Waals surface area (Å²) >= 11 is 0. The van der Waals surface area contributed by atoms with Crippen LogP contribution in [0.5, 0.6) is 0 Å². The van der Waals surface area contributed by atoms with Crippen LogP contribution in [0.25, 0.3) is 0 Å². The van der Waals surface area contributed by atoms with Gasteiger partial charge in [0.15, 0.2) is 0 Å². The average molecular weight is 304 g/mol. The van der Waals surface area contributed by atoms with E-state index in [1.54, 1.807) is 0 Å². The first-order valence-electron chi connectivity index (χ1n) is 8.21. The van der Waals surface area contributed by atoms with Crippen LogP contribution in [0.1, 0.15) is 41.3 Å². The van der Waals surface area contributed by atoms with Crippen molar-refractivity contribution in [2.24, 2.45) is 5.92 Å². The molecule has 0 saturated carbocycles. The first-order valence-corrected chi connectivity index (χ1v) is 8.21. The van der Waals surface area contributed by atoms with Crippen molar-refractivity contribution < 1.29 is 9.90 Å². The third-order valence-corrected chi connectivity index (χ3v) is 4.48. The first kappa shape index (κ1) is 17.0. The highest BCUT2D eigenvalue weighted by molar-refractivity contribution is 5.95. The highest BCUT2D eigenvalue weighted by atomic mass is 16.3. The summed E-state index contributed by atoms with van der Waals surface area (Å²) in [6, 6.07) is 5.84. The van der Waals surface area contributed by atoms with E-state index in [0.717, 1.165) is 30.1 Å².